The van der Waals surface area contributed by atoms with Gasteiger partial charge in [-0.3, -0.25) is 4.90 Å². The van der Waals surface area contributed by atoms with E-state index < -0.39 is 5.67 Å². The molecule has 2 rings (SSSR count). The van der Waals surface area contributed by atoms with E-state index in [1.165, 1.54) is 6.42 Å². The maximum absolute atomic E-state index is 14.5. The Morgan fingerprint density at radius 3 is 2.47 bits per heavy atom. The molecule has 0 radical (unpaired) electrons. The second kappa shape index (κ2) is 4.38. The number of nitrogens with zero attached hydrogens (tertiary/aromatic N) is 2. The molecular formula is C12H23FN2. The molecule has 0 saturated carbocycles. The van der Waals surface area contributed by atoms with Gasteiger partial charge in [-0.1, -0.05) is 6.92 Å². The van der Waals surface area contributed by atoms with E-state index in [2.05, 4.69) is 23.8 Å². The molecule has 0 amide bonds. The normalized spacial score (nSPS) is 33.4. The molecule has 0 N–H and O–H groups in total. The van der Waals surface area contributed by atoms with Crippen molar-refractivity contribution in [3.8, 4) is 0 Å². The van der Waals surface area contributed by atoms with Gasteiger partial charge in [0.2, 0.25) is 0 Å². The van der Waals surface area contributed by atoms with Gasteiger partial charge in [0.15, 0.2) is 0 Å². The van der Waals surface area contributed by atoms with Crippen LogP contribution in [-0.4, -0.2) is 55.2 Å². The molecule has 0 aromatic rings. The van der Waals surface area contributed by atoms with Crippen LogP contribution in [-0.2, 0) is 0 Å². The highest BCUT2D eigenvalue weighted by Gasteiger charge is 2.36. The molecule has 3 heteroatoms. The maximum Gasteiger partial charge on any atom is 0.126 e. The zero-order valence-electron chi connectivity index (χ0n) is 10.0. The van der Waals surface area contributed by atoms with E-state index in [9.17, 15) is 4.39 Å². The molecule has 1 unspecified atom stereocenters. The van der Waals surface area contributed by atoms with Crippen LogP contribution in [0.4, 0.5) is 4.39 Å². The number of likely N-dealkylation sites (tertiary alicyclic amines) is 2. The summed E-state index contributed by atoms with van der Waals surface area (Å²) in [5, 5.41) is 0. The van der Waals surface area contributed by atoms with Crippen LogP contribution in [0.2, 0.25) is 0 Å². The molecule has 2 nitrogen and oxygen atoms in total. The molecule has 2 fully saturated rings. The van der Waals surface area contributed by atoms with Gasteiger partial charge in [0.05, 0.1) is 0 Å². The number of hydrogen-bond acceptors (Lipinski definition) is 2. The lowest BCUT2D eigenvalue weighted by Gasteiger charge is -2.36. The van der Waals surface area contributed by atoms with Crippen LogP contribution in [0.5, 0.6) is 0 Å². The fourth-order valence-electron chi connectivity index (χ4n) is 2.75. The highest BCUT2D eigenvalue weighted by molar-refractivity contribution is 4.90. The molecule has 2 saturated heterocycles. The van der Waals surface area contributed by atoms with E-state index in [1.54, 1.807) is 0 Å². The summed E-state index contributed by atoms with van der Waals surface area (Å²) in [7, 11) is 2.08. The van der Waals surface area contributed by atoms with Crippen molar-refractivity contribution >= 4 is 0 Å². The van der Waals surface area contributed by atoms with Crippen LogP contribution >= 0.6 is 0 Å². The van der Waals surface area contributed by atoms with Crippen LogP contribution in [0.3, 0.4) is 0 Å². The Bertz CT molecular complexity index is 212. The predicted octanol–water partition coefficient (Wildman–Crippen LogP) is 1.76. The first-order valence-corrected chi connectivity index (χ1v) is 6.17. The SMILES string of the molecule is CC1CCN(CC2(F)CCN(C)CC2)C1. The third-order valence-electron chi connectivity index (χ3n) is 3.90. The van der Waals surface area contributed by atoms with Crippen molar-refractivity contribution in [1.29, 1.82) is 0 Å². The topological polar surface area (TPSA) is 6.48 Å². The Morgan fingerprint density at radius 2 is 1.93 bits per heavy atom. The average Bonchev–Trinajstić information content (AvgIpc) is 2.57. The van der Waals surface area contributed by atoms with Crippen LogP contribution in [0.15, 0.2) is 0 Å². The number of alkyl halides is 1. The fraction of sp³-hybridized carbons (Fsp3) is 1.00. The van der Waals surface area contributed by atoms with Crippen LogP contribution in [0, 0.1) is 5.92 Å². The first-order chi connectivity index (χ1) is 7.07. The second-order valence-corrected chi connectivity index (χ2v) is 5.58. The van der Waals surface area contributed by atoms with Crippen LogP contribution in [0.25, 0.3) is 0 Å². The third kappa shape index (κ3) is 2.91. The van der Waals surface area contributed by atoms with E-state index in [1.807, 2.05) is 0 Å². The standard InChI is InChI=1S/C12H23FN2/c1-11-3-6-15(9-11)10-12(13)4-7-14(2)8-5-12/h11H,3-10H2,1-2H3. The molecule has 0 aromatic heterocycles. The van der Waals surface area contributed by atoms with Crippen molar-refractivity contribution in [1.82, 2.24) is 9.80 Å². The summed E-state index contributed by atoms with van der Waals surface area (Å²) in [4.78, 5) is 4.54. The minimum Gasteiger partial charge on any atom is -0.306 e. The van der Waals surface area contributed by atoms with Gasteiger partial charge in [-0.05, 0) is 38.8 Å². The Balaban J connectivity index is 1.82. The predicted molar refractivity (Wildman–Crippen MR) is 60.8 cm³/mol. The highest BCUT2D eigenvalue weighted by atomic mass is 19.1. The minimum atomic E-state index is -0.906. The van der Waals surface area contributed by atoms with Gasteiger partial charge < -0.3 is 4.90 Å². The Labute approximate surface area is 92.4 Å². The molecule has 88 valence electrons. The third-order valence-corrected chi connectivity index (χ3v) is 3.90. The van der Waals surface area contributed by atoms with Gasteiger partial charge in [-0.15, -0.1) is 0 Å². The minimum absolute atomic E-state index is 0.672. The largest absolute Gasteiger partial charge is 0.306 e. The number of piperidine rings is 1. The molecule has 0 spiro atoms. The summed E-state index contributed by atoms with van der Waals surface area (Å²) in [6.07, 6.45) is 2.68. The Kier molecular flexibility index (Phi) is 3.31. The van der Waals surface area contributed by atoms with Crippen LogP contribution < -0.4 is 0 Å². The molecular weight excluding hydrogens is 191 g/mol. The second-order valence-electron chi connectivity index (χ2n) is 5.58. The monoisotopic (exact) mass is 214 g/mol. The molecule has 0 aromatic carbocycles. The number of rotatable bonds is 2. The quantitative estimate of drug-likeness (QED) is 0.691. The Morgan fingerprint density at radius 1 is 1.27 bits per heavy atom. The zero-order chi connectivity index (χ0) is 10.9. The highest BCUT2D eigenvalue weighted by Crippen LogP contribution is 2.29. The molecule has 2 aliphatic heterocycles. The molecule has 0 bridgehead atoms. The average molecular weight is 214 g/mol. The van der Waals surface area contributed by atoms with Crippen molar-refractivity contribution in [2.24, 2.45) is 5.92 Å². The van der Waals surface area contributed by atoms with Gasteiger partial charge in [0, 0.05) is 26.2 Å². The molecule has 2 aliphatic rings. The maximum atomic E-state index is 14.5. The van der Waals surface area contributed by atoms with E-state index in [0.29, 0.717) is 19.4 Å². The van der Waals surface area contributed by atoms with Crippen molar-refractivity contribution in [3.05, 3.63) is 0 Å². The first-order valence-electron chi connectivity index (χ1n) is 6.17. The molecule has 1 atom stereocenters. The summed E-state index contributed by atoms with van der Waals surface area (Å²) < 4.78 is 14.5. The molecule has 0 aliphatic carbocycles. The zero-order valence-corrected chi connectivity index (χ0v) is 10.0. The van der Waals surface area contributed by atoms with Gasteiger partial charge in [0.1, 0.15) is 5.67 Å². The van der Waals surface area contributed by atoms with Gasteiger partial charge in [-0.25, -0.2) is 4.39 Å². The van der Waals surface area contributed by atoms with E-state index in [-0.39, 0.29) is 0 Å². The van der Waals surface area contributed by atoms with Gasteiger partial charge in [0.25, 0.3) is 0 Å². The summed E-state index contributed by atoms with van der Waals surface area (Å²) in [6, 6.07) is 0. The lowest BCUT2D eigenvalue weighted by molar-refractivity contribution is 0.0375. The summed E-state index contributed by atoms with van der Waals surface area (Å²) in [5.74, 6) is 0.764. The van der Waals surface area contributed by atoms with Crippen molar-refractivity contribution in [3.63, 3.8) is 0 Å². The smallest absolute Gasteiger partial charge is 0.126 e. The first kappa shape index (κ1) is 11.3. The van der Waals surface area contributed by atoms with Gasteiger partial charge in [-0.2, -0.15) is 0 Å². The molecule has 2 heterocycles. The summed E-state index contributed by atoms with van der Waals surface area (Å²) in [6.45, 7) is 6.97. The fourth-order valence-corrected chi connectivity index (χ4v) is 2.75. The summed E-state index contributed by atoms with van der Waals surface area (Å²) in [5.41, 5.74) is -0.906. The van der Waals surface area contributed by atoms with Gasteiger partial charge >= 0.3 is 0 Å². The molecule has 15 heavy (non-hydrogen) atoms. The lowest BCUT2D eigenvalue weighted by atomic mass is 9.93. The summed E-state index contributed by atoms with van der Waals surface area (Å²) >= 11 is 0. The van der Waals surface area contributed by atoms with E-state index in [0.717, 1.165) is 32.1 Å². The lowest BCUT2D eigenvalue weighted by Crippen LogP contribution is -2.46. The van der Waals surface area contributed by atoms with Crippen LogP contribution in [0.1, 0.15) is 26.2 Å². The van der Waals surface area contributed by atoms with Crippen molar-refractivity contribution in [2.45, 2.75) is 31.9 Å². The van der Waals surface area contributed by atoms with Crippen molar-refractivity contribution < 1.29 is 4.39 Å². The van der Waals surface area contributed by atoms with E-state index in [4.69, 9.17) is 0 Å². The number of hydrogen-bond donors (Lipinski definition) is 0. The Hall–Kier alpha value is -0.150. The number of halogens is 1. The van der Waals surface area contributed by atoms with E-state index >= 15 is 0 Å². The van der Waals surface area contributed by atoms with Crippen molar-refractivity contribution in [2.75, 3.05) is 39.8 Å².